The quantitative estimate of drug-likeness (QED) is 0.463. The number of esters is 1. The highest BCUT2D eigenvalue weighted by Crippen LogP contribution is 2.27. The maximum Gasteiger partial charge on any atom is 0.363 e. The number of nitrogens with zero attached hydrogens (tertiary/aromatic N) is 1. The van der Waals surface area contributed by atoms with Crippen LogP contribution in [0.3, 0.4) is 0 Å². The van der Waals surface area contributed by atoms with Crippen LogP contribution in [0.1, 0.15) is 11.1 Å². The Morgan fingerprint density at radius 1 is 1.11 bits per heavy atom. The van der Waals surface area contributed by atoms with E-state index in [0.29, 0.717) is 0 Å². The first-order chi connectivity index (χ1) is 12.9. The number of hydrogen-bond acceptors (Lipinski definition) is 5. The van der Waals surface area contributed by atoms with Gasteiger partial charge in [-0.1, -0.05) is 35.3 Å². The van der Waals surface area contributed by atoms with E-state index in [9.17, 15) is 14.0 Å². The summed E-state index contributed by atoms with van der Waals surface area (Å²) in [5.74, 6) is -1.57. The van der Waals surface area contributed by atoms with Gasteiger partial charge in [0.15, 0.2) is 16.7 Å². The fraction of sp³-hybridized carbons (Fsp3) is 0. The highest BCUT2D eigenvalue weighted by atomic mass is 35.5. The van der Waals surface area contributed by atoms with Crippen molar-refractivity contribution in [2.24, 2.45) is 4.99 Å². The van der Waals surface area contributed by atoms with E-state index in [-0.39, 0.29) is 43.7 Å². The summed E-state index contributed by atoms with van der Waals surface area (Å²) in [6.45, 7) is 0. The Labute approximate surface area is 161 Å². The molecule has 4 rings (SSSR count). The van der Waals surface area contributed by atoms with Crippen molar-refractivity contribution < 1.29 is 18.3 Å². The lowest BCUT2D eigenvalue weighted by molar-refractivity contribution is -0.129. The first kappa shape index (κ1) is 17.5. The third-order valence-electron chi connectivity index (χ3n) is 3.84. The molecule has 0 unspecified atom stereocenters. The highest BCUT2D eigenvalue weighted by molar-refractivity contribution is 6.38. The van der Waals surface area contributed by atoms with Crippen LogP contribution in [-0.2, 0) is 9.53 Å². The predicted molar refractivity (Wildman–Crippen MR) is 99.5 cm³/mol. The zero-order chi connectivity index (χ0) is 19.1. The van der Waals surface area contributed by atoms with Gasteiger partial charge in [0.2, 0.25) is 5.90 Å². The van der Waals surface area contributed by atoms with Crippen molar-refractivity contribution in [2.45, 2.75) is 0 Å². The van der Waals surface area contributed by atoms with Gasteiger partial charge < -0.3 is 9.15 Å². The molecule has 0 radical (unpaired) electrons. The van der Waals surface area contributed by atoms with E-state index in [4.69, 9.17) is 32.4 Å². The van der Waals surface area contributed by atoms with Crippen molar-refractivity contribution in [3.05, 3.63) is 85.6 Å². The summed E-state index contributed by atoms with van der Waals surface area (Å²) in [7, 11) is 0. The largest absolute Gasteiger partial charge is 0.462 e. The Kier molecular flexibility index (Phi) is 4.30. The van der Waals surface area contributed by atoms with Crippen molar-refractivity contribution in [3.8, 4) is 0 Å². The van der Waals surface area contributed by atoms with Crippen LogP contribution in [0.4, 0.5) is 4.39 Å². The Morgan fingerprint density at radius 2 is 1.89 bits per heavy atom. The lowest BCUT2D eigenvalue weighted by atomic mass is 10.1. The van der Waals surface area contributed by atoms with Gasteiger partial charge in [-0.15, -0.1) is 0 Å². The smallest absolute Gasteiger partial charge is 0.363 e. The molecule has 1 aliphatic rings. The molecule has 0 atom stereocenters. The molecule has 2 heterocycles. The Bertz CT molecular complexity index is 1230. The Balaban J connectivity index is 1.82. The topological polar surface area (TPSA) is 68.9 Å². The van der Waals surface area contributed by atoms with Gasteiger partial charge in [-0.2, -0.15) is 0 Å². The molecule has 0 fully saturated rings. The molecule has 0 saturated carbocycles. The van der Waals surface area contributed by atoms with E-state index < -0.39 is 17.2 Å². The van der Waals surface area contributed by atoms with Crippen LogP contribution in [0.5, 0.6) is 0 Å². The van der Waals surface area contributed by atoms with E-state index in [2.05, 4.69) is 4.99 Å². The van der Waals surface area contributed by atoms with Gasteiger partial charge in [0.25, 0.3) is 0 Å². The number of fused-ring (bicyclic) bond motifs is 1. The number of carbonyl (C=O) groups excluding carboxylic acids is 1. The van der Waals surface area contributed by atoms with Crippen LogP contribution in [0.2, 0.25) is 10.0 Å². The third kappa shape index (κ3) is 3.13. The summed E-state index contributed by atoms with van der Waals surface area (Å²) < 4.78 is 24.3. The van der Waals surface area contributed by atoms with Crippen LogP contribution < -0.4 is 5.43 Å². The molecule has 0 saturated heterocycles. The van der Waals surface area contributed by atoms with Crippen LogP contribution in [-0.4, -0.2) is 11.9 Å². The van der Waals surface area contributed by atoms with Crippen molar-refractivity contribution in [3.63, 3.8) is 0 Å². The molecule has 0 N–H and O–H groups in total. The minimum Gasteiger partial charge on any atom is -0.462 e. The molecule has 134 valence electrons. The molecule has 27 heavy (non-hydrogen) atoms. The summed E-state index contributed by atoms with van der Waals surface area (Å²) in [4.78, 5) is 28.7. The Hall–Kier alpha value is -2.96. The van der Waals surface area contributed by atoms with Crippen molar-refractivity contribution in [1.82, 2.24) is 0 Å². The number of rotatable bonds is 2. The van der Waals surface area contributed by atoms with E-state index in [0.717, 1.165) is 6.26 Å². The summed E-state index contributed by atoms with van der Waals surface area (Å²) in [6.07, 6.45) is 2.36. The molecule has 0 spiro atoms. The van der Waals surface area contributed by atoms with E-state index in [1.54, 1.807) is 6.07 Å². The second-order valence-corrected chi connectivity index (χ2v) is 6.44. The average Bonchev–Trinajstić information content (AvgIpc) is 2.98. The van der Waals surface area contributed by atoms with Crippen LogP contribution in [0.15, 0.2) is 62.6 Å². The van der Waals surface area contributed by atoms with Gasteiger partial charge in [-0.25, -0.2) is 14.2 Å². The van der Waals surface area contributed by atoms with Gasteiger partial charge in [-0.05, 0) is 30.3 Å². The number of aliphatic imine (C=N–C) groups is 1. The third-order valence-corrected chi connectivity index (χ3v) is 4.33. The van der Waals surface area contributed by atoms with Crippen molar-refractivity contribution >= 4 is 52.1 Å². The first-order valence-electron chi connectivity index (χ1n) is 7.62. The molecule has 2 aromatic carbocycles. The fourth-order valence-electron chi connectivity index (χ4n) is 2.59. The number of benzene rings is 2. The molecular weight excluding hydrogens is 396 g/mol. The lowest BCUT2D eigenvalue weighted by Gasteiger charge is -2.01. The van der Waals surface area contributed by atoms with E-state index in [1.807, 2.05) is 0 Å². The van der Waals surface area contributed by atoms with Crippen molar-refractivity contribution in [1.29, 1.82) is 0 Å². The Morgan fingerprint density at radius 3 is 2.67 bits per heavy atom. The van der Waals surface area contributed by atoms with Gasteiger partial charge in [0.05, 0.1) is 21.5 Å². The summed E-state index contributed by atoms with van der Waals surface area (Å²) in [5.41, 5.74) is -0.342. The number of hydrogen-bond donors (Lipinski definition) is 0. The maximum absolute atomic E-state index is 13.9. The summed E-state index contributed by atoms with van der Waals surface area (Å²) >= 11 is 11.9. The molecule has 8 heteroatoms. The van der Waals surface area contributed by atoms with E-state index in [1.165, 1.54) is 36.4 Å². The van der Waals surface area contributed by atoms with E-state index >= 15 is 0 Å². The molecule has 0 bridgehead atoms. The normalized spacial score (nSPS) is 15.3. The SMILES string of the molecule is O=C1OC(c2ccccc2F)=N/C1=C/c1coc2c(Cl)cc(Cl)cc2c1=O. The van der Waals surface area contributed by atoms with Crippen molar-refractivity contribution in [2.75, 3.05) is 0 Å². The van der Waals surface area contributed by atoms with Crippen LogP contribution in [0.25, 0.3) is 17.0 Å². The average molecular weight is 404 g/mol. The van der Waals surface area contributed by atoms with Gasteiger partial charge in [-0.3, -0.25) is 4.79 Å². The van der Waals surface area contributed by atoms with Crippen LogP contribution in [0, 0.1) is 5.82 Å². The molecular formula is C19H8Cl2FNO4. The second-order valence-electron chi connectivity index (χ2n) is 5.60. The summed E-state index contributed by atoms with van der Waals surface area (Å²) in [6, 6.07) is 8.60. The second kappa shape index (κ2) is 6.64. The fourth-order valence-corrected chi connectivity index (χ4v) is 3.12. The monoisotopic (exact) mass is 403 g/mol. The zero-order valence-electron chi connectivity index (χ0n) is 13.3. The number of ether oxygens (including phenoxy) is 1. The molecule has 3 aromatic rings. The molecule has 1 aliphatic heterocycles. The molecule has 0 amide bonds. The zero-order valence-corrected chi connectivity index (χ0v) is 14.8. The maximum atomic E-state index is 13.9. The minimum atomic E-state index is -0.808. The van der Waals surface area contributed by atoms with Gasteiger partial charge in [0, 0.05) is 5.02 Å². The predicted octanol–water partition coefficient (Wildman–Crippen LogP) is 4.58. The number of cyclic esters (lactones) is 1. The standard InChI is InChI=1S/C19H8Cl2FNO4/c20-10-6-12-16(24)9(8-26-17(12)13(21)7-10)5-15-19(25)27-18(23-15)11-3-1-2-4-14(11)22/h1-8H/b15-5+. The first-order valence-corrected chi connectivity index (χ1v) is 8.37. The van der Waals surface area contributed by atoms with Crippen LogP contribution >= 0.6 is 23.2 Å². The summed E-state index contributed by atoms with van der Waals surface area (Å²) in [5, 5.41) is 0.616. The number of carbonyl (C=O) groups is 1. The van der Waals surface area contributed by atoms with Gasteiger partial charge in [0.1, 0.15) is 12.1 Å². The highest BCUT2D eigenvalue weighted by Gasteiger charge is 2.26. The molecule has 5 nitrogen and oxygen atoms in total. The molecule has 0 aliphatic carbocycles. The number of halogens is 3. The lowest BCUT2D eigenvalue weighted by Crippen LogP contribution is -2.08. The molecule has 1 aromatic heterocycles. The minimum absolute atomic E-state index is 0.0401. The van der Waals surface area contributed by atoms with Gasteiger partial charge >= 0.3 is 5.97 Å².